The maximum Gasteiger partial charge on any atom is 0.327 e. The summed E-state index contributed by atoms with van der Waals surface area (Å²) in [5.41, 5.74) is -2.16. The summed E-state index contributed by atoms with van der Waals surface area (Å²) < 4.78 is 11.1. The van der Waals surface area contributed by atoms with Gasteiger partial charge in [-0.3, -0.25) is 24.6 Å². The van der Waals surface area contributed by atoms with Gasteiger partial charge in [-0.25, -0.2) is 0 Å². The number of carbonyl (C=O) groups is 3. The molecule has 4 unspecified atom stereocenters. The largest absolute Gasteiger partial charge is 0.486 e. The molecule has 1 aromatic carbocycles. The minimum atomic E-state index is -1.95. The normalized spacial score (nSPS) is 31.2. The second-order valence-electron chi connectivity index (χ2n) is 8.65. The van der Waals surface area contributed by atoms with E-state index in [9.17, 15) is 24.6 Å². The topological polar surface area (TPSA) is 125 Å². The molecule has 0 bridgehead atoms. The second-order valence-corrected chi connectivity index (χ2v) is 8.65. The lowest BCUT2D eigenvalue weighted by Crippen LogP contribution is -2.59. The van der Waals surface area contributed by atoms with Crippen LogP contribution in [0.25, 0.3) is 0 Å². The molecule has 156 valence electrons. The third-order valence-corrected chi connectivity index (χ3v) is 5.88. The van der Waals surface area contributed by atoms with E-state index in [4.69, 9.17) is 9.47 Å². The summed E-state index contributed by atoms with van der Waals surface area (Å²) in [6.45, 7) is 5.15. The molecule has 29 heavy (non-hydrogen) atoms. The van der Waals surface area contributed by atoms with Crippen molar-refractivity contribution >= 4 is 17.8 Å². The highest BCUT2D eigenvalue weighted by Gasteiger charge is 2.69. The summed E-state index contributed by atoms with van der Waals surface area (Å²) in [4.78, 5) is 39.7. The fourth-order valence-corrected chi connectivity index (χ4v) is 4.61. The number of amides is 2. The number of aliphatic carboxylic acids is 1. The van der Waals surface area contributed by atoms with Crippen molar-refractivity contribution < 1.29 is 34.1 Å². The van der Waals surface area contributed by atoms with Gasteiger partial charge < -0.3 is 19.7 Å². The number of likely N-dealkylation sites (tertiary alicyclic amines) is 1. The zero-order chi connectivity index (χ0) is 21.1. The lowest BCUT2D eigenvalue weighted by atomic mass is 9.79. The quantitative estimate of drug-likeness (QED) is 0.615. The molecule has 1 aromatic rings. The van der Waals surface area contributed by atoms with Gasteiger partial charge in [0.1, 0.15) is 13.2 Å². The first-order valence-electron chi connectivity index (χ1n) is 9.51. The number of carboxylic acid groups (broad SMARTS) is 1. The average Bonchev–Trinajstić information content (AvgIpc) is 3.15. The molecule has 9 nitrogen and oxygen atoms in total. The molecule has 0 aromatic heterocycles. The summed E-state index contributed by atoms with van der Waals surface area (Å²) in [5, 5.41) is 22.8. The van der Waals surface area contributed by atoms with Crippen molar-refractivity contribution in [3.63, 3.8) is 0 Å². The lowest BCUT2D eigenvalue weighted by molar-refractivity contribution is -0.155. The van der Waals surface area contributed by atoms with Crippen LogP contribution in [0.4, 0.5) is 0 Å². The van der Waals surface area contributed by atoms with E-state index in [1.807, 2.05) is 0 Å². The molecule has 0 aliphatic carbocycles. The first kappa shape index (κ1) is 19.7. The number of rotatable bonds is 3. The first-order valence-corrected chi connectivity index (χ1v) is 9.51. The number of nitrogens with zero attached hydrogens (tertiary/aromatic N) is 1. The van der Waals surface area contributed by atoms with Gasteiger partial charge in [0.15, 0.2) is 17.0 Å². The molecular weight excluding hydrogens is 380 g/mol. The van der Waals surface area contributed by atoms with Gasteiger partial charge in [0, 0.05) is 11.6 Å². The number of imide groups is 1. The molecule has 3 aliphatic heterocycles. The number of aliphatic hydroxyl groups is 1. The zero-order valence-electron chi connectivity index (χ0n) is 16.5. The molecule has 0 radical (unpaired) electrons. The molecule has 3 heterocycles. The summed E-state index contributed by atoms with van der Waals surface area (Å²) in [5.74, 6) is -3.51. The van der Waals surface area contributed by atoms with Crippen LogP contribution < -0.4 is 14.8 Å². The highest BCUT2D eigenvalue weighted by molar-refractivity contribution is 6.10. The second kappa shape index (κ2) is 6.43. The fraction of sp³-hybridized carbons (Fsp3) is 0.550. The smallest absolute Gasteiger partial charge is 0.327 e. The Kier molecular flexibility index (Phi) is 4.36. The Morgan fingerprint density at radius 2 is 1.86 bits per heavy atom. The van der Waals surface area contributed by atoms with Crippen molar-refractivity contribution in [1.82, 2.24) is 10.2 Å². The van der Waals surface area contributed by atoms with Gasteiger partial charge in [-0.1, -0.05) is 6.07 Å². The molecule has 2 fully saturated rings. The van der Waals surface area contributed by atoms with Gasteiger partial charge in [-0.15, -0.1) is 0 Å². The molecule has 9 heteroatoms. The minimum Gasteiger partial charge on any atom is -0.486 e. The third kappa shape index (κ3) is 2.71. The van der Waals surface area contributed by atoms with E-state index >= 15 is 0 Å². The van der Waals surface area contributed by atoms with Gasteiger partial charge in [0.25, 0.3) is 0 Å². The number of carbonyl (C=O) groups excluding carboxylic acids is 2. The standard InChI is InChI=1S/C20H24N2O7/c1-19(2,3)22-16(24)13-14(17(22)25)20(9-23,18(26)27)21-15(13)10-4-5-11-12(8-10)29-7-6-28-11/h4-5,8,13-15,21,23H,6-7,9H2,1-3H3,(H,26,27). The molecule has 4 rings (SSSR count). The lowest BCUT2D eigenvalue weighted by Gasteiger charge is -2.34. The third-order valence-electron chi connectivity index (χ3n) is 5.88. The number of nitrogens with one attached hydrogen (secondary N) is 1. The van der Waals surface area contributed by atoms with Crippen molar-refractivity contribution in [2.45, 2.75) is 37.9 Å². The number of hydrogen-bond donors (Lipinski definition) is 3. The monoisotopic (exact) mass is 404 g/mol. The number of ether oxygens (including phenoxy) is 2. The van der Waals surface area contributed by atoms with Crippen LogP contribution in [-0.2, 0) is 14.4 Å². The van der Waals surface area contributed by atoms with Crippen LogP contribution >= 0.6 is 0 Å². The van der Waals surface area contributed by atoms with Gasteiger partial charge in [0.2, 0.25) is 11.8 Å². The van der Waals surface area contributed by atoms with Gasteiger partial charge in [0.05, 0.1) is 18.4 Å². The van der Waals surface area contributed by atoms with Crippen LogP contribution in [0.3, 0.4) is 0 Å². The van der Waals surface area contributed by atoms with Crippen molar-refractivity contribution in [2.24, 2.45) is 11.8 Å². The SMILES string of the molecule is CC(C)(C)N1C(=O)C2C(c3ccc4c(c3)OCCO4)NC(CO)(C(=O)O)C2C1=O. The van der Waals surface area contributed by atoms with Crippen LogP contribution in [-0.4, -0.2) is 63.8 Å². The predicted octanol–water partition coefficient (Wildman–Crippen LogP) is 0.318. The number of benzene rings is 1. The molecule has 0 spiro atoms. The van der Waals surface area contributed by atoms with E-state index in [2.05, 4.69) is 5.32 Å². The number of hydrogen-bond acceptors (Lipinski definition) is 7. The maximum atomic E-state index is 13.3. The fourth-order valence-electron chi connectivity index (χ4n) is 4.61. The Bertz CT molecular complexity index is 893. The molecule has 3 aliphatic rings. The zero-order valence-corrected chi connectivity index (χ0v) is 16.5. The Labute approximate surface area is 167 Å². The van der Waals surface area contributed by atoms with Crippen LogP contribution in [0.5, 0.6) is 11.5 Å². The Balaban J connectivity index is 1.83. The van der Waals surface area contributed by atoms with Crippen LogP contribution in [0.2, 0.25) is 0 Å². The summed E-state index contributed by atoms with van der Waals surface area (Å²) >= 11 is 0. The van der Waals surface area contributed by atoms with E-state index in [1.165, 1.54) is 0 Å². The average molecular weight is 404 g/mol. The first-order chi connectivity index (χ1) is 13.6. The van der Waals surface area contributed by atoms with Gasteiger partial charge in [-0.05, 0) is 38.5 Å². The van der Waals surface area contributed by atoms with Gasteiger partial charge >= 0.3 is 5.97 Å². The summed E-state index contributed by atoms with van der Waals surface area (Å²) in [6, 6.07) is 4.33. The molecule has 4 atom stereocenters. The van der Waals surface area contributed by atoms with E-state index in [1.54, 1.807) is 39.0 Å². The minimum absolute atomic E-state index is 0.380. The van der Waals surface area contributed by atoms with Gasteiger partial charge in [-0.2, -0.15) is 0 Å². The van der Waals surface area contributed by atoms with E-state index in [-0.39, 0.29) is 0 Å². The Hall–Kier alpha value is -2.65. The summed E-state index contributed by atoms with van der Waals surface area (Å²) in [7, 11) is 0. The van der Waals surface area contributed by atoms with Crippen LogP contribution in [0, 0.1) is 11.8 Å². The molecular formula is C20H24N2O7. The van der Waals surface area contributed by atoms with E-state index < -0.39 is 53.3 Å². The molecule has 2 amide bonds. The summed E-state index contributed by atoms with van der Waals surface area (Å²) in [6.07, 6.45) is 0. The molecule has 0 saturated carbocycles. The van der Waals surface area contributed by atoms with E-state index in [0.717, 1.165) is 4.90 Å². The van der Waals surface area contributed by atoms with Crippen molar-refractivity contribution in [1.29, 1.82) is 0 Å². The van der Waals surface area contributed by atoms with Crippen molar-refractivity contribution in [3.8, 4) is 11.5 Å². The van der Waals surface area contributed by atoms with Crippen LogP contribution in [0.15, 0.2) is 18.2 Å². The maximum absolute atomic E-state index is 13.3. The number of carboxylic acids is 1. The molecule has 3 N–H and O–H groups in total. The highest BCUT2D eigenvalue weighted by atomic mass is 16.6. The van der Waals surface area contributed by atoms with Crippen molar-refractivity contribution in [3.05, 3.63) is 23.8 Å². The Morgan fingerprint density at radius 1 is 1.21 bits per heavy atom. The Morgan fingerprint density at radius 3 is 2.45 bits per heavy atom. The predicted molar refractivity (Wildman–Crippen MR) is 99.3 cm³/mol. The number of fused-ring (bicyclic) bond motifs is 2. The van der Waals surface area contributed by atoms with Crippen molar-refractivity contribution in [2.75, 3.05) is 19.8 Å². The molecule has 2 saturated heterocycles. The number of aliphatic hydroxyl groups excluding tert-OH is 1. The van der Waals surface area contributed by atoms with Crippen LogP contribution in [0.1, 0.15) is 32.4 Å². The van der Waals surface area contributed by atoms with E-state index in [0.29, 0.717) is 30.3 Å². The highest BCUT2D eigenvalue weighted by Crippen LogP contribution is 2.51.